The molecule has 2 aliphatic heterocycles. The zero-order chi connectivity index (χ0) is 17.8. The average molecular weight is 354 g/mol. The lowest BCUT2D eigenvalue weighted by molar-refractivity contribution is 0.0125. The number of aromatic nitrogens is 1. The maximum absolute atomic E-state index is 5.98. The lowest BCUT2D eigenvalue weighted by Gasteiger charge is -2.31. The Labute approximate surface area is 154 Å². The fourth-order valence-electron chi connectivity index (χ4n) is 3.64. The van der Waals surface area contributed by atoms with Crippen molar-refractivity contribution in [2.45, 2.75) is 38.5 Å². The monoisotopic (exact) mass is 354 g/mol. The van der Waals surface area contributed by atoms with E-state index >= 15 is 0 Å². The first-order valence-corrected chi connectivity index (χ1v) is 9.49. The molecule has 0 spiro atoms. The second-order valence-corrected chi connectivity index (χ2v) is 6.90. The van der Waals surface area contributed by atoms with E-state index in [1.54, 1.807) is 6.20 Å². The maximum Gasteiger partial charge on any atom is 0.257 e. The highest BCUT2D eigenvalue weighted by atomic mass is 16.6. The molecule has 0 aliphatic carbocycles. The van der Waals surface area contributed by atoms with Gasteiger partial charge in [-0.05, 0) is 43.0 Å². The third kappa shape index (κ3) is 4.00. The molecular formula is C21H26N2O3. The van der Waals surface area contributed by atoms with Crippen LogP contribution in [0.15, 0.2) is 42.6 Å². The second kappa shape index (κ2) is 8.06. The number of pyridine rings is 1. The van der Waals surface area contributed by atoms with Crippen LogP contribution in [0.5, 0.6) is 11.6 Å². The summed E-state index contributed by atoms with van der Waals surface area (Å²) in [5, 5.41) is 0. The smallest absolute Gasteiger partial charge is 0.257 e. The minimum absolute atomic E-state index is 0.103. The highest BCUT2D eigenvalue weighted by Crippen LogP contribution is 2.34. The van der Waals surface area contributed by atoms with Gasteiger partial charge in [-0.1, -0.05) is 24.3 Å². The van der Waals surface area contributed by atoms with Crippen LogP contribution in [-0.2, 0) is 11.3 Å². The Morgan fingerprint density at radius 2 is 1.96 bits per heavy atom. The molecule has 5 nitrogen and oxygen atoms in total. The zero-order valence-corrected chi connectivity index (χ0v) is 15.3. The first kappa shape index (κ1) is 17.3. The van der Waals surface area contributed by atoms with Gasteiger partial charge in [0, 0.05) is 32.4 Å². The summed E-state index contributed by atoms with van der Waals surface area (Å²) in [6, 6.07) is 12.4. The van der Waals surface area contributed by atoms with Gasteiger partial charge in [0.1, 0.15) is 6.61 Å². The predicted molar refractivity (Wildman–Crippen MR) is 99.5 cm³/mol. The fraction of sp³-hybridized carbons (Fsp3) is 0.476. The van der Waals surface area contributed by atoms with Gasteiger partial charge >= 0.3 is 0 Å². The molecule has 0 N–H and O–H groups in total. The average Bonchev–Trinajstić information content (AvgIpc) is 2.70. The number of ether oxygens (including phenoxy) is 3. The predicted octanol–water partition coefficient (Wildman–Crippen LogP) is 3.60. The standard InChI is InChI=1S/C21H26N2O3/c1-2-24-18-9-12-23(13-10-18)14-16-5-7-17(8-6-16)20-15-25-19-4-3-11-22-21(19)26-20/h3-8,11,18,20H,2,9-10,12-15H2,1H3/t20-/m1/s1. The highest BCUT2D eigenvalue weighted by Gasteiger charge is 2.23. The quantitative estimate of drug-likeness (QED) is 0.821. The van der Waals surface area contributed by atoms with Crippen LogP contribution in [-0.4, -0.2) is 42.3 Å². The zero-order valence-electron chi connectivity index (χ0n) is 15.3. The minimum atomic E-state index is -0.103. The summed E-state index contributed by atoms with van der Waals surface area (Å²) in [7, 11) is 0. The molecule has 0 amide bonds. The summed E-state index contributed by atoms with van der Waals surface area (Å²) in [6.45, 7) is 6.61. The molecule has 1 atom stereocenters. The van der Waals surface area contributed by atoms with E-state index in [0.29, 0.717) is 18.6 Å². The largest absolute Gasteiger partial charge is 0.484 e. The molecule has 0 unspecified atom stereocenters. The minimum Gasteiger partial charge on any atom is -0.484 e. The van der Waals surface area contributed by atoms with Crippen molar-refractivity contribution in [3.8, 4) is 11.6 Å². The molecule has 0 radical (unpaired) electrons. The summed E-state index contributed by atoms with van der Waals surface area (Å²) in [4.78, 5) is 6.75. The van der Waals surface area contributed by atoms with E-state index < -0.39 is 0 Å². The van der Waals surface area contributed by atoms with Crippen LogP contribution in [0, 0.1) is 0 Å². The van der Waals surface area contributed by atoms with Gasteiger partial charge < -0.3 is 14.2 Å². The van der Waals surface area contributed by atoms with Crippen molar-refractivity contribution in [2.75, 3.05) is 26.3 Å². The molecule has 2 aliphatic rings. The number of piperidine rings is 1. The molecule has 26 heavy (non-hydrogen) atoms. The van der Waals surface area contributed by atoms with Gasteiger partial charge in [0.05, 0.1) is 6.10 Å². The molecule has 1 aromatic carbocycles. The first-order chi connectivity index (χ1) is 12.8. The number of nitrogens with zero attached hydrogens (tertiary/aromatic N) is 2. The molecular weight excluding hydrogens is 328 g/mol. The maximum atomic E-state index is 5.98. The summed E-state index contributed by atoms with van der Waals surface area (Å²) in [5.74, 6) is 1.29. The topological polar surface area (TPSA) is 43.8 Å². The molecule has 1 fully saturated rings. The summed E-state index contributed by atoms with van der Waals surface area (Å²) >= 11 is 0. The summed E-state index contributed by atoms with van der Waals surface area (Å²) < 4.78 is 17.5. The molecule has 1 saturated heterocycles. The van der Waals surface area contributed by atoms with E-state index in [1.807, 2.05) is 12.1 Å². The van der Waals surface area contributed by atoms with E-state index in [2.05, 4.69) is 41.1 Å². The van der Waals surface area contributed by atoms with Crippen LogP contribution in [0.1, 0.15) is 37.0 Å². The Morgan fingerprint density at radius 3 is 2.73 bits per heavy atom. The molecule has 5 heteroatoms. The van der Waals surface area contributed by atoms with Gasteiger partial charge in [0.25, 0.3) is 5.88 Å². The van der Waals surface area contributed by atoms with Crippen LogP contribution in [0.25, 0.3) is 0 Å². The van der Waals surface area contributed by atoms with E-state index in [1.165, 1.54) is 5.56 Å². The number of hydrogen-bond acceptors (Lipinski definition) is 5. The van der Waals surface area contributed by atoms with Crippen LogP contribution >= 0.6 is 0 Å². The molecule has 1 aromatic heterocycles. The second-order valence-electron chi connectivity index (χ2n) is 6.90. The highest BCUT2D eigenvalue weighted by molar-refractivity contribution is 5.35. The van der Waals surface area contributed by atoms with Gasteiger partial charge in [0.15, 0.2) is 11.9 Å². The Hall–Kier alpha value is -2.11. The van der Waals surface area contributed by atoms with Crippen LogP contribution in [0.2, 0.25) is 0 Å². The van der Waals surface area contributed by atoms with Crippen molar-refractivity contribution in [3.05, 3.63) is 53.7 Å². The number of rotatable bonds is 5. The third-order valence-electron chi connectivity index (χ3n) is 5.07. The van der Waals surface area contributed by atoms with Crippen molar-refractivity contribution in [3.63, 3.8) is 0 Å². The Kier molecular flexibility index (Phi) is 5.37. The van der Waals surface area contributed by atoms with Crippen LogP contribution in [0.4, 0.5) is 0 Å². The van der Waals surface area contributed by atoms with Crippen LogP contribution in [0.3, 0.4) is 0 Å². The number of fused-ring (bicyclic) bond motifs is 1. The molecule has 138 valence electrons. The normalized spacial score (nSPS) is 20.9. The Bertz CT molecular complexity index is 711. The molecule has 0 saturated carbocycles. The van der Waals surface area contributed by atoms with Crippen molar-refractivity contribution < 1.29 is 14.2 Å². The molecule has 0 bridgehead atoms. The number of likely N-dealkylation sites (tertiary alicyclic amines) is 1. The van der Waals surface area contributed by atoms with Gasteiger partial charge in [-0.25, -0.2) is 4.98 Å². The third-order valence-corrected chi connectivity index (χ3v) is 5.07. The lowest BCUT2D eigenvalue weighted by atomic mass is 10.0. The molecule has 3 heterocycles. The van der Waals surface area contributed by atoms with Crippen molar-refractivity contribution in [2.24, 2.45) is 0 Å². The summed E-state index contributed by atoms with van der Waals surface area (Å²) in [6.07, 6.45) is 4.33. The lowest BCUT2D eigenvalue weighted by Crippen LogP contribution is -2.36. The van der Waals surface area contributed by atoms with Gasteiger partial charge in [-0.15, -0.1) is 0 Å². The van der Waals surface area contributed by atoms with E-state index in [-0.39, 0.29) is 6.10 Å². The fourth-order valence-corrected chi connectivity index (χ4v) is 3.64. The van der Waals surface area contributed by atoms with Crippen LogP contribution < -0.4 is 9.47 Å². The van der Waals surface area contributed by atoms with E-state index in [9.17, 15) is 0 Å². The molecule has 2 aromatic rings. The SMILES string of the molecule is CCOC1CCN(Cc2ccc([C@H]3COc4cccnc4O3)cc2)CC1. The van der Waals surface area contributed by atoms with Crippen molar-refractivity contribution >= 4 is 0 Å². The van der Waals surface area contributed by atoms with Gasteiger partial charge in [-0.2, -0.15) is 0 Å². The van der Waals surface area contributed by atoms with E-state index in [0.717, 1.165) is 50.4 Å². The Balaban J connectivity index is 1.33. The van der Waals surface area contributed by atoms with Crippen molar-refractivity contribution in [1.29, 1.82) is 0 Å². The van der Waals surface area contributed by atoms with Gasteiger partial charge in [-0.3, -0.25) is 4.90 Å². The Morgan fingerprint density at radius 1 is 1.15 bits per heavy atom. The number of hydrogen-bond donors (Lipinski definition) is 0. The van der Waals surface area contributed by atoms with Gasteiger partial charge in [0.2, 0.25) is 0 Å². The van der Waals surface area contributed by atoms with Crippen molar-refractivity contribution in [1.82, 2.24) is 9.88 Å². The summed E-state index contributed by atoms with van der Waals surface area (Å²) in [5.41, 5.74) is 2.46. The van der Waals surface area contributed by atoms with E-state index in [4.69, 9.17) is 14.2 Å². The number of benzene rings is 1. The first-order valence-electron chi connectivity index (χ1n) is 9.49. The molecule has 4 rings (SSSR count).